The molecule has 0 heterocycles. The molecule has 0 aromatic carbocycles. The Morgan fingerprint density at radius 2 is 0.600 bits per heavy atom. The van der Waals surface area contributed by atoms with Gasteiger partial charge in [0.05, 0.1) is 0 Å². The number of hydrogen-bond acceptors (Lipinski definition) is 0. The van der Waals surface area contributed by atoms with E-state index < -0.39 is 0 Å². The van der Waals surface area contributed by atoms with Gasteiger partial charge < -0.3 is 6.15 Å². The summed E-state index contributed by atoms with van der Waals surface area (Å²) in [6, 6.07) is 0. The first-order valence-corrected chi connectivity index (χ1v) is 9.00. The molecule has 0 aromatic heterocycles. The van der Waals surface area contributed by atoms with Crippen LogP contribution in [0.2, 0.25) is 39.3 Å². The Kier molecular flexibility index (Phi) is 37.1. The zero-order valence-corrected chi connectivity index (χ0v) is 10.6. The van der Waals surface area contributed by atoms with E-state index in [4.69, 9.17) is 0 Å². The monoisotopic (exact) mass is 169 g/mol. The largest absolute Gasteiger partial charge is 1.00 e. The zero-order valence-electron chi connectivity index (χ0n) is 8.58. The van der Waals surface area contributed by atoms with Crippen LogP contribution in [0.4, 0.5) is 0 Å². The van der Waals surface area contributed by atoms with Crippen molar-refractivity contribution in [1.29, 1.82) is 0 Å². The second-order valence-corrected chi connectivity index (χ2v) is 9.00. The molecule has 0 saturated carbocycles. The van der Waals surface area contributed by atoms with Gasteiger partial charge in [0.1, 0.15) is 0 Å². The maximum Gasteiger partial charge on any atom is 1.00 e. The minimum Gasteiger partial charge on any atom is -0.693 e. The Bertz CT molecular complexity index is 31.2. The van der Waals surface area contributed by atoms with Crippen LogP contribution in [0.1, 0.15) is 0 Å². The first-order valence-electron chi connectivity index (χ1n) is 3.00. The molecule has 0 bridgehead atoms. The number of rotatable bonds is 0. The predicted octanol–water partition coefficient (Wildman–Crippen LogP) is 0.462. The van der Waals surface area contributed by atoms with Crippen molar-refractivity contribution < 1.29 is 18.9 Å². The van der Waals surface area contributed by atoms with E-state index in [0.717, 1.165) is 0 Å². The molecule has 10 heavy (non-hydrogen) atoms. The quantitative estimate of drug-likeness (QED) is 0.472. The molecule has 0 aromatic rings. The van der Waals surface area contributed by atoms with E-state index in [0.29, 0.717) is 0 Å². The van der Waals surface area contributed by atoms with Crippen LogP contribution in [0, 0.1) is 0 Å². The molecule has 0 spiro atoms. The summed E-state index contributed by atoms with van der Waals surface area (Å²) in [7, 11) is 0.241. The van der Waals surface area contributed by atoms with Gasteiger partial charge in [-0.1, -0.05) is 0 Å². The molecule has 0 radical (unpaired) electrons. The van der Waals surface area contributed by atoms with E-state index in [9.17, 15) is 0 Å². The Balaban J connectivity index is -0.0000000300. The molecule has 4 heteroatoms. The second-order valence-electron chi connectivity index (χ2n) is 3.00. The van der Waals surface area contributed by atoms with Crippen LogP contribution in [0.5, 0.6) is 0 Å². The molecule has 0 rings (SSSR count). The van der Waals surface area contributed by atoms with Gasteiger partial charge in [0.15, 0.2) is 0 Å². The Morgan fingerprint density at radius 3 is 0.600 bits per heavy atom. The van der Waals surface area contributed by atoms with Crippen LogP contribution in [0.25, 0.3) is 6.15 Å². The summed E-state index contributed by atoms with van der Waals surface area (Å²) in [5.74, 6) is 0. The molecule has 0 aliphatic rings. The van der Waals surface area contributed by atoms with Gasteiger partial charge in [0.25, 0.3) is 0 Å². The van der Waals surface area contributed by atoms with Crippen molar-refractivity contribution in [3.05, 3.63) is 6.15 Å². The zero-order chi connectivity index (χ0) is 7.15. The summed E-state index contributed by atoms with van der Waals surface area (Å²) in [5, 5.41) is 0. The van der Waals surface area contributed by atoms with E-state index in [1.54, 1.807) is 0 Å². The van der Waals surface area contributed by atoms with Crippen LogP contribution in [-0.2, 0) is 0 Å². The molecular weight excluding hydrogens is 149 g/mol. The van der Waals surface area contributed by atoms with Crippen LogP contribution < -0.4 is 18.9 Å². The van der Waals surface area contributed by atoms with Gasteiger partial charge in [-0.2, -0.15) is 39.3 Å². The fourth-order valence-electron chi connectivity index (χ4n) is 0. The molecule has 1 nitrogen and oxygen atoms in total. The van der Waals surface area contributed by atoms with Gasteiger partial charge in [-0.25, -0.2) is 0 Å². The van der Waals surface area contributed by atoms with E-state index in [2.05, 4.69) is 39.3 Å². The van der Waals surface area contributed by atoms with Gasteiger partial charge in [0, 0.05) is 0 Å². The molecule has 0 saturated heterocycles. The van der Waals surface area contributed by atoms with E-state index >= 15 is 0 Å². The molecule has 2 N–H and O–H groups in total. The maximum absolute atomic E-state index is 2.27. The number of nitrogens with two attached hydrogens (primary N) is 1. The topological polar surface area (TPSA) is 33.5 Å². The molecule has 0 aliphatic heterocycles. The van der Waals surface area contributed by atoms with Crippen LogP contribution in [0.15, 0.2) is 0 Å². The van der Waals surface area contributed by atoms with Gasteiger partial charge in [-0.05, 0) is 0 Å². The minimum absolute atomic E-state index is 0. The molecule has 0 aliphatic carbocycles. The van der Waals surface area contributed by atoms with Gasteiger partial charge >= 0.3 is 18.9 Å². The summed E-state index contributed by atoms with van der Waals surface area (Å²) in [5.41, 5.74) is 0. The van der Waals surface area contributed by atoms with E-state index in [-0.39, 0.29) is 42.6 Å². The average Bonchev–Trinajstić information content (AvgIpc) is 1.25. The Hall–Kier alpha value is 0.991. The summed E-state index contributed by atoms with van der Waals surface area (Å²) >= 11 is 0. The first-order chi connectivity index (χ1) is 3.46. The molecule has 0 fully saturated rings. The van der Waals surface area contributed by atoms with Crippen molar-refractivity contribution in [2.45, 2.75) is 39.3 Å². The third kappa shape index (κ3) is 584. The fourth-order valence-corrected chi connectivity index (χ4v) is 0. The van der Waals surface area contributed by atoms with Crippen LogP contribution in [0.3, 0.4) is 0 Å². The predicted molar refractivity (Wildman–Crippen MR) is 52.0 cm³/mol. The molecule has 60 valence electrons. The SMILES string of the molecule is C[Si-](C)C.C[Si-](C)C.[Li+].[NH2-]. The first kappa shape index (κ1) is 22.4. The molecule has 0 atom stereocenters. The molecule has 0 unspecified atom stereocenters. The van der Waals surface area contributed by atoms with Crippen molar-refractivity contribution in [3.63, 3.8) is 0 Å². The smallest absolute Gasteiger partial charge is 0.693 e. The van der Waals surface area contributed by atoms with Crippen LogP contribution >= 0.6 is 0 Å². The Labute approximate surface area is 82.0 Å². The van der Waals surface area contributed by atoms with E-state index in [1.165, 1.54) is 0 Å². The normalized spacial score (nSPS) is 7.20. The third-order valence-corrected chi connectivity index (χ3v) is 0. The summed E-state index contributed by atoms with van der Waals surface area (Å²) in [4.78, 5) is 0. The third-order valence-electron chi connectivity index (χ3n) is 0. The van der Waals surface area contributed by atoms with Crippen molar-refractivity contribution in [1.82, 2.24) is 0 Å². The van der Waals surface area contributed by atoms with Gasteiger partial charge in [-0.3, -0.25) is 17.6 Å². The number of hydrogen-bond donors (Lipinski definition) is 0. The minimum atomic E-state index is 0. The molecular formula is C6H20LiNSi2-2. The summed E-state index contributed by atoms with van der Waals surface area (Å²) < 4.78 is 0. The summed E-state index contributed by atoms with van der Waals surface area (Å²) in [6.45, 7) is 13.6. The average molecular weight is 169 g/mol. The van der Waals surface area contributed by atoms with Crippen LogP contribution in [-0.4, -0.2) is 17.6 Å². The molecule has 0 amide bonds. The van der Waals surface area contributed by atoms with Gasteiger partial charge in [-0.15, -0.1) is 0 Å². The second kappa shape index (κ2) is 16.5. The summed E-state index contributed by atoms with van der Waals surface area (Å²) in [6.07, 6.45) is 0. The van der Waals surface area contributed by atoms with Crippen molar-refractivity contribution in [2.24, 2.45) is 0 Å². The van der Waals surface area contributed by atoms with E-state index in [1.807, 2.05) is 0 Å². The maximum atomic E-state index is 2.27. The van der Waals surface area contributed by atoms with Crippen molar-refractivity contribution in [2.75, 3.05) is 0 Å². The van der Waals surface area contributed by atoms with Crippen molar-refractivity contribution in [3.8, 4) is 0 Å². The Morgan fingerprint density at radius 1 is 0.600 bits per heavy atom. The van der Waals surface area contributed by atoms with Crippen molar-refractivity contribution >= 4 is 17.6 Å². The fraction of sp³-hybridized carbons (Fsp3) is 1.00. The van der Waals surface area contributed by atoms with Gasteiger partial charge in [0.2, 0.25) is 0 Å². The standard InChI is InChI=1S/2C3H9Si.Li.H2N/c2*1-4(2)3;;/h2*1-3H3;;1H2/q2*-1;+1;-1.